The van der Waals surface area contributed by atoms with Gasteiger partial charge in [-0.05, 0) is 41.8 Å². The summed E-state index contributed by atoms with van der Waals surface area (Å²) in [4.78, 5) is 11.0. The lowest BCUT2D eigenvalue weighted by atomic mass is 9.86. The molecule has 1 fully saturated rings. The average molecular weight is 466 g/mol. The van der Waals surface area contributed by atoms with Crippen molar-refractivity contribution >= 4 is 26.8 Å². The molecule has 33 heavy (non-hydrogen) atoms. The number of allylic oxidation sites excluding steroid dienone is 2. The third kappa shape index (κ3) is 4.94. The van der Waals surface area contributed by atoms with E-state index in [0.717, 1.165) is 10.9 Å². The molecule has 0 unspecified atom stereocenters. The number of phenolic OH excluding ortho intramolecular Hbond substituents is 1. The number of carboxylic acids is 1. The molecule has 4 rings (SSSR count). The maximum absolute atomic E-state index is 13.7. The molecule has 1 aliphatic heterocycles. The number of aromatic hydroxyl groups is 1. The molecule has 0 spiro atoms. The van der Waals surface area contributed by atoms with E-state index < -0.39 is 16.0 Å². The van der Waals surface area contributed by atoms with Crippen LogP contribution in [0.1, 0.15) is 30.7 Å². The molecule has 0 saturated carbocycles. The molecule has 2 atom stereocenters. The molecule has 1 saturated heterocycles. The van der Waals surface area contributed by atoms with Crippen molar-refractivity contribution in [3.63, 3.8) is 0 Å². The van der Waals surface area contributed by atoms with Crippen molar-refractivity contribution in [2.24, 2.45) is 5.92 Å². The molecule has 7 heteroatoms. The van der Waals surface area contributed by atoms with Gasteiger partial charge in [0.25, 0.3) is 0 Å². The summed E-state index contributed by atoms with van der Waals surface area (Å²) in [6.45, 7) is 0.602. The number of sulfonamides is 1. The number of nitrogens with zero attached hydrogens (tertiary/aromatic N) is 1. The van der Waals surface area contributed by atoms with Crippen LogP contribution in [0.15, 0.2) is 83.8 Å². The highest BCUT2D eigenvalue weighted by atomic mass is 32.2. The highest BCUT2D eigenvalue weighted by Crippen LogP contribution is 2.41. The summed E-state index contributed by atoms with van der Waals surface area (Å²) in [6.07, 6.45) is 4.85. The largest absolute Gasteiger partial charge is 0.508 e. The van der Waals surface area contributed by atoms with Crippen LogP contribution < -0.4 is 0 Å². The SMILES string of the molecule is O=C(O)CC/C=C\C[C@H]1CN(S(=O)(=O)c2cccc3ccccc23)C[C@H]1c1ccccc1O. The summed E-state index contributed by atoms with van der Waals surface area (Å²) in [6, 6.07) is 19.8. The van der Waals surface area contributed by atoms with Gasteiger partial charge in [-0.1, -0.05) is 66.7 Å². The number of aliphatic carboxylic acids is 1. The third-order valence-corrected chi connectivity index (χ3v) is 8.13. The second kappa shape index (κ2) is 9.77. The first-order valence-corrected chi connectivity index (χ1v) is 12.4. The molecule has 0 radical (unpaired) electrons. The Balaban J connectivity index is 1.64. The van der Waals surface area contributed by atoms with Crippen LogP contribution in [0.4, 0.5) is 0 Å². The van der Waals surface area contributed by atoms with Gasteiger partial charge >= 0.3 is 5.97 Å². The van der Waals surface area contributed by atoms with E-state index in [4.69, 9.17) is 5.11 Å². The van der Waals surface area contributed by atoms with Crippen LogP contribution in [0.3, 0.4) is 0 Å². The van der Waals surface area contributed by atoms with E-state index in [1.165, 1.54) is 4.31 Å². The maximum Gasteiger partial charge on any atom is 0.303 e. The minimum atomic E-state index is -3.75. The van der Waals surface area contributed by atoms with Crippen LogP contribution in [-0.2, 0) is 14.8 Å². The van der Waals surface area contributed by atoms with Gasteiger partial charge in [0.1, 0.15) is 5.75 Å². The Morgan fingerprint density at radius 1 is 0.970 bits per heavy atom. The number of benzene rings is 3. The summed E-state index contributed by atoms with van der Waals surface area (Å²) < 4.78 is 28.9. The highest BCUT2D eigenvalue weighted by Gasteiger charge is 2.40. The number of fused-ring (bicyclic) bond motifs is 1. The van der Waals surface area contributed by atoms with E-state index in [1.807, 2.05) is 54.6 Å². The van der Waals surface area contributed by atoms with E-state index in [1.54, 1.807) is 24.3 Å². The lowest BCUT2D eigenvalue weighted by Gasteiger charge is -2.18. The molecule has 1 aliphatic rings. The Morgan fingerprint density at radius 3 is 2.48 bits per heavy atom. The van der Waals surface area contributed by atoms with Crippen molar-refractivity contribution < 1.29 is 23.4 Å². The number of carbonyl (C=O) groups is 1. The van der Waals surface area contributed by atoms with Crippen LogP contribution in [0.2, 0.25) is 0 Å². The lowest BCUT2D eigenvalue weighted by molar-refractivity contribution is -0.136. The quantitative estimate of drug-likeness (QED) is 0.468. The molecule has 172 valence electrons. The number of hydrogen-bond acceptors (Lipinski definition) is 4. The lowest BCUT2D eigenvalue weighted by Crippen LogP contribution is -2.29. The van der Waals surface area contributed by atoms with Gasteiger partial charge in [0.15, 0.2) is 0 Å². The Morgan fingerprint density at radius 2 is 1.70 bits per heavy atom. The number of phenols is 1. The van der Waals surface area contributed by atoms with Gasteiger partial charge in [0.05, 0.1) is 4.90 Å². The molecule has 0 bridgehead atoms. The van der Waals surface area contributed by atoms with Gasteiger partial charge in [-0.3, -0.25) is 4.79 Å². The minimum absolute atomic E-state index is 0.0378. The molecule has 2 N–H and O–H groups in total. The van der Waals surface area contributed by atoms with Crippen molar-refractivity contribution in [3.8, 4) is 5.75 Å². The van der Waals surface area contributed by atoms with Crippen LogP contribution in [0.5, 0.6) is 5.75 Å². The summed E-state index contributed by atoms with van der Waals surface area (Å²) in [7, 11) is -3.75. The Labute approximate surface area is 193 Å². The molecular weight excluding hydrogens is 438 g/mol. The number of hydrogen-bond donors (Lipinski definition) is 2. The fourth-order valence-corrected chi connectivity index (χ4v) is 6.31. The van der Waals surface area contributed by atoms with E-state index >= 15 is 0 Å². The fourth-order valence-electron chi connectivity index (χ4n) is 4.58. The first-order valence-electron chi connectivity index (χ1n) is 11.0. The first-order chi connectivity index (χ1) is 15.9. The molecule has 3 aromatic rings. The number of rotatable bonds is 8. The van der Waals surface area contributed by atoms with Gasteiger partial charge in [-0.15, -0.1) is 0 Å². The standard InChI is InChI=1S/C26H27NO5S/c28-24-14-7-6-13-22(24)23-18-27(17-20(23)10-2-1-3-16-26(29)30)33(31,32)25-15-8-11-19-9-4-5-12-21(19)25/h1-2,4-9,11-15,20,23,28H,3,10,16-18H2,(H,29,30)/b2-1-/t20-,23+/m0/s1. The van der Waals surface area contributed by atoms with E-state index in [-0.39, 0.29) is 35.4 Å². The van der Waals surface area contributed by atoms with Crippen LogP contribution >= 0.6 is 0 Å². The van der Waals surface area contributed by atoms with Crippen molar-refractivity contribution in [2.75, 3.05) is 13.1 Å². The summed E-state index contributed by atoms with van der Waals surface area (Å²) in [5.41, 5.74) is 0.733. The fraction of sp³-hybridized carbons (Fsp3) is 0.269. The highest BCUT2D eigenvalue weighted by molar-refractivity contribution is 7.89. The zero-order chi connectivity index (χ0) is 23.4. The van der Waals surface area contributed by atoms with Gasteiger partial charge in [0, 0.05) is 30.8 Å². The second-order valence-corrected chi connectivity index (χ2v) is 10.3. The molecular formula is C26H27NO5S. The summed E-state index contributed by atoms with van der Waals surface area (Å²) >= 11 is 0. The molecule has 0 amide bonds. The normalized spacial score (nSPS) is 19.4. The molecule has 1 heterocycles. The maximum atomic E-state index is 13.7. The first kappa shape index (κ1) is 23.0. The van der Waals surface area contributed by atoms with Gasteiger partial charge in [0.2, 0.25) is 10.0 Å². The summed E-state index contributed by atoms with van der Waals surface area (Å²) in [5, 5.41) is 20.8. The third-order valence-electron chi connectivity index (χ3n) is 6.24. The molecule has 0 aliphatic carbocycles. The molecule has 3 aromatic carbocycles. The summed E-state index contributed by atoms with van der Waals surface area (Å²) in [5.74, 6) is -0.893. The number of para-hydroxylation sites is 1. The minimum Gasteiger partial charge on any atom is -0.508 e. The topological polar surface area (TPSA) is 94.9 Å². The second-order valence-electron chi connectivity index (χ2n) is 8.36. The van der Waals surface area contributed by atoms with Crippen molar-refractivity contribution in [3.05, 3.63) is 84.4 Å². The zero-order valence-electron chi connectivity index (χ0n) is 18.2. The Bertz CT molecular complexity index is 1280. The van der Waals surface area contributed by atoms with E-state index in [9.17, 15) is 18.3 Å². The predicted octanol–water partition coefficient (Wildman–Crippen LogP) is 4.76. The molecule has 0 aromatic heterocycles. The number of carboxylic acid groups (broad SMARTS) is 1. The van der Waals surface area contributed by atoms with Crippen molar-refractivity contribution in [1.29, 1.82) is 0 Å². The Hall–Kier alpha value is -3.16. The monoisotopic (exact) mass is 465 g/mol. The van der Waals surface area contributed by atoms with Gasteiger partial charge in [-0.25, -0.2) is 8.42 Å². The van der Waals surface area contributed by atoms with Crippen LogP contribution in [0.25, 0.3) is 10.8 Å². The van der Waals surface area contributed by atoms with Gasteiger partial charge in [-0.2, -0.15) is 4.31 Å². The van der Waals surface area contributed by atoms with Crippen LogP contribution in [-0.4, -0.2) is 42.0 Å². The Kier molecular flexibility index (Phi) is 6.81. The van der Waals surface area contributed by atoms with E-state index in [2.05, 4.69) is 0 Å². The van der Waals surface area contributed by atoms with E-state index in [0.29, 0.717) is 24.8 Å². The average Bonchev–Trinajstić information content (AvgIpc) is 3.23. The van der Waals surface area contributed by atoms with Crippen molar-refractivity contribution in [1.82, 2.24) is 4.31 Å². The zero-order valence-corrected chi connectivity index (χ0v) is 19.0. The van der Waals surface area contributed by atoms with Crippen LogP contribution in [0, 0.1) is 5.92 Å². The van der Waals surface area contributed by atoms with Gasteiger partial charge < -0.3 is 10.2 Å². The smallest absolute Gasteiger partial charge is 0.303 e. The van der Waals surface area contributed by atoms with Crippen molar-refractivity contribution in [2.45, 2.75) is 30.1 Å². The molecule has 6 nitrogen and oxygen atoms in total. The predicted molar refractivity (Wildman–Crippen MR) is 128 cm³/mol.